The largest absolute Gasteiger partial charge is 0.485 e. The molecule has 0 atom stereocenters. The molecule has 0 amide bonds. The molecule has 0 aliphatic carbocycles. The normalized spacial score (nSPS) is 10.8. The van der Waals surface area contributed by atoms with E-state index >= 15 is 0 Å². The first-order valence-electron chi connectivity index (χ1n) is 9.74. The van der Waals surface area contributed by atoms with Crippen molar-refractivity contribution in [2.24, 2.45) is 5.10 Å². The molecule has 3 aromatic carbocycles. The predicted molar refractivity (Wildman–Crippen MR) is 126 cm³/mol. The third-order valence-electron chi connectivity index (χ3n) is 4.34. The topological polar surface area (TPSA) is 81.8 Å². The Kier molecular flexibility index (Phi) is 6.77. The Bertz CT molecular complexity index is 1130. The number of thiazole rings is 1. The Morgan fingerprint density at radius 2 is 1.52 bits per heavy atom. The molecule has 156 valence electrons. The number of ether oxygens (including phenoxy) is 2. The molecule has 0 fully saturated rings. The van der Waals surface area contributed by atoms with Gasteiger partial charge >= 0.3 is 0 Å². The maximum Gasteiger partial charge on any atom is 0.205 e. The van der Waals surface area contributed by atoms with Crippen LogP contribution in [0, 0.1) is 0 Å². The number of aromatic nitrogens is 1. The number of hydrogen-bond acceptors (Lipinski definition) is 7. The van der Waals surface area contributed by atoms with Crippen molar-refractivity contribution in [3.8, 4) is 11.5 Å². The van der Waals surface area contributed by atoms with Gasteiger partial charge < -0.3 is 15.2 Å². The Morgan fingerprint density at radius 1 is 0.871 bits per heavy atom. The number of nitrogens with zero attached hydrogens (tertiary/aromatic N) is 2. The Morgan fingerprint density at radius 3 is 2.13 bits per heavy atom. The first kappa shape index (κ1) is 20.4. The number of nitrogens with two attached hydrogens (primary N) is 1. The molecule has 0 spiro atoms. The van der Waals surface area contributed by atoms with E-state index in [4.69, 9.17) is 15.2 Å². The van der Waals surface area contributed by atoms with Gasteiger partial charge in [0.25, 0.3) is 0 Å². The van der Waals surface area contributed by atoms with E-state index in [2.05, 4.69) is 15.5 Å². The molecule has 0 saturated heterocycles. The van der Waals surface area contributed by atoms with Crippen molar-refractivity contribution in [1.29, 1.82) is 0 Å². The molecule has 4 aromatic rings. The highest BCUT2D eigenvalue weighted by Crippen LogP contribution is 2.30. The van der Waals surface area contributed by atoms with Crippen molar-refractivity contribution >= 4 is 28.5 Å². The van der Waals surface area contributed by atoms with Crippen LogP contribution in [0.5, 0.6) is 11.5 Å². The number of benzene rings is 3. The number of hydrazone groups is 1. The summed E-state index contributed by atoms with van der Waals surface area (Å²) in [5.74, 6) is 1.80. The van der Waals surface area contributed by atoms with Crippen LogP contribution >= 0.6 is 11.3 Å². The van der Waals surface area contributed by atoms with Gasteiger partial charge in [0, 0.05) is 5.38 Å². The summed E-state index contributed by atoms with van der Waals surface area (Å²) in [5, 5.41) is 6.62. The molecule has 1 heterocycles. The predicted octanol–water partition coefficient (Wildman–Crippen LogP) is 5.33. The summed E-state index contributed by atoms with van der Waals surface area (Å²) >= 11 is 1.39. The monoisotopic (exact) mass is 430 g/mol. The third kappa shape index (κ3) is 6.07. The van der Waals surface area contributed by atoms with Gasteiger partial charge in [-0.05, 0) is 34.9 Å². The highest BCUT2D eigenvalue weighted by atomic mass is 32.1. The molecule has 0 unspecified atom stereocenters. The van der Waals surface area contributed by atoms with Gasteiger partial charge in [-0.15, -0.1) is 11.3 Å². The number of rotatable bonds is 9. The van der Waals surface area contributed by atoms with Crippen LogP contribution in [0.25, 0.3) is 0 Å². The summed E-state index contributed by atoms with van der Waals surface area (Å²) < 4.78 is 12.1. The van der Waals surface area contributed by atoms with Crippen LogP contribution in [-0.4, -0.2) is 11.2 Å². The van der Waals surface area contributed by atoms with E-state index in [1.807, 2.05) is 78.9 Å². The van der Waals surface area contributed by atoms with E-state index in [0.29, 0.717) is 35.7 Å². The van der Waals surface area contributed by atoms with Crippen molar-refractivity contribution in [1.82, 2.24) is 4.98 Å². The zero-order valence-electron chi connectivity index (χ0n) is 16.8. The molecule has 31 heavy (non-hydrogen) atoms. The Balaban J connectivity index is 1.48. The summed E-state index contributed by atoms with van der Waals surface area (Å²) in [7, 11) is 0. The molecular weight excluding hydrogens is 408 g/mol. The Hall–Kier alpha value is -3.84. The van der Waals surface area contributed by atoms with Crippen LogP contribution in [0.3, 0.4) is 0 Å². The molecule has 0 aliphatic heterocycles. The van der Waals surface area contributed by atoms with E-state index in [1.54, 1.807) is 11.6 Å². The zero-order chi connectivity index (χ0) is 21.3. The number of anilines is 2. The quantitative estimate of drug-likeness (QED) is 0.277. The van der Waals surface area contributed by atoms with Crippen molar-refractivity contribution in [2.75, 3.05) is 11.2 Å². The first-order valence-corrected chi connectivity index (χ1v) is 10.6. The van der Waals surface area contributed by atoms with E-state index < -0.39 is 0 Å². The van der Waals surface area contributed by atoms with Crippen LogP contribution in [0.2, 0.25) is 0 Å². The molecule has 0 aliphatic rings. The van der Waals surface area contributed by atoms with Gasteiger partial charge in [-0.3, -0.25) is 5.43 Å². The lowest BCUT2D eigenvalue weighted by molar-refractivity contribution is 0.256. The SMILES string of the molecule is Nc1csc(NN=Cc2ccc(OCc3ccccc3)c(OCc3ccccc3)c2)n1. The minimum atomic E-state index is 0.444. The van der Waals surface area contributed by atoms with Crippen LogP contribution in [0.1, 0.15) is 16.7 Å². The summed E-state index contributed by atoms with van der Waals surface area (Å²) in [6, 6.07) is 25.8. The van der Waals surface area contributed by atoms with E-state index in [-0.39, 0.29) is 0 Å². The molecular formula is C24H22N4O2S. The van der Waals surface area contributed by atoms with Gasteiger partial charge in [0.1, 0.15) is 19.0 Å². The summed E-state index contributed by atoms with van der Waals surface area (Å²) in [4.78, 5) is 4.12. The molecule has 0 radical (unpaired) electrons. The smallest absolute Gasteiger partial charge is 0.205 e. The van der Waals surface area contributed by atoms with Crippen molar-refractivity contribution < 1.29 is 9.47 Å². The molecule has 4 rings (SSSR count). The van der Waals surface area contributed by atoms with Gasteiger partial charge in [0.05, 0.1) is 6.21 Å². The number of nitrogen functional groups attached to an aromatic ring is 1. The van der Waals surface area contributed by atoms with Crippen LogP contribution < -0.4 is 20.6 Å². The van der Waals surface area contributed by atoms with Gasteiger partial charge in [0.2, 0.25) is 5.13 Å². The summed E-state index contributed by atoms with van der Waals surface area (Å²) in [6.45, 7) is 0.906. The fourth-order valence-corrected chi connectivity index (χ4v) is 3.36. The van der Waals surface area contributed by atoms with Crippen LogP contribution in [0.15, 0.2) is 89.3 Å². The lowest BCUT2D eigenvalue weighted by Gasteiger charge is -2.14. The fourth-order valence-electron chi connectivity index (χ4n) is 2.81. The average molecular weight is 431 g/mol. The van der Waals surface area contributed by atoms with E-state index in [0.717, 1.165) is 16.7 Å². The van der Waals surface area contributed by atoms with Gasteiger partial charge in [-0.25, -0.2) is 4.98 Å². The average Bonchev–Trinajstić information content (AvgIpc) is 3.23. The fraction of sp³-hybridized carbons (Fsp3) is 0.0833. The maximum absolute atomic E-state index is 6.09. The molecule has 0 bridgehead atoms. The second-order valence-corrected chi connectivity index (χ2v) is 7.56. The molecule has 0 saturated carbocycles. The second-order valence-electron chi connectivity index (χ2n) is 6.70. The third-order valence-corrected chi connectivity index (χ3v) is 5.10. The van der Waals surface area contributed by atoms with Crippen LogP contribution in [-0.2, 0) is 13.2 Å². The molecule has 3 N–H and O–H groups in total. The van der Waals surface area contributed by atoms with Crippen molar-refractivity contribution in [3.63, 3.8) is 0 Å². The maximum atomic E-state index is 6.09. The van der Waals surface area contributed by atoms with Crippen molar-refractivity contribution in [2.45, 2.75) is 13.2 Å². The Labute approximate surface area is 185 Å². The minimum absolute atomic E-state index is 0.444. The lowest BCUT2D eigenvalue weighted by Crippen LogP contribution is -2.01. The zero-order valence-corrected chi connectivity index (χ0v) is 17.6. The first-order chi connectivity index (χ1) is 15.3. The van der Waals surface area contributed by atoms with Crippen molar-refractivity contribution in [3.05, 3.63) is 101 Å². The molecule has 1 aromatic heterocycles. The number of nitrogens with one attached hydrogen (secondary N) is 1. The van der Waals surface area contributed by atoms with Crippen LogP contribution in [0.4, 0.5) is 10.9 Å². The molecule has 6 nitrogen and oxygen atoms in total. The lowest BCUT2D eigenvalue weighted by atomic mass is 10.2. The summed E-state index contributed by atoms with van der Waals surface area (Å²) in [6.07, 6.45) is 1.70. The second kappa shape index (κ2) is 10.3. The van der Waals surface area contributed by atoms with Gasteiger partial charge in [-0.2, -0.15) is 5.10 Å². The van der Waals surface area contributed by atoms with E-state index in [1.165, 1.54) is 11.3 Å². The van der Waals surface area contributed by atoms with Gasteiger partial charge in [-0.1, -0.05) is 60.7 Å². The highest BCUT2D eigenvalue weighted by molar-refractivity contribution is 7.14. The standard InChI is InChI=1S/C24H22N4O2S/c25-23-17-31-24(27-23)28-26-14-20-11-12-21(29-15-18-7-3-1-4-8-18)22(13-20)30-16-19-9-5-2-6-10-19/h1-14,17H,15-16,25H2,(H,27,28). The summed E-state index contributed by atoms with van der Waals surface area (Å²) in [5.41, 5.74) is 11.5. The molecule has 7 heteroatoms. The number of hydrogen-bond donors (Lipinski definition) is 2. The van der Waals surface area contributed by atoms with Gasteiger partial charge in [0.15, 0.2) is 11.5 Å². The van der Waals surface area contributed by atoms with E-state index in [9.17, 15) is 0 Å². The minimum Gasteiger partial charge on any atom is -0.485 e. The highest BCUT2D eigenvalue weighted by Gasteiger charge is 2.08.